The lowest BCUT2D eigenvalue weighted by atomic mass is 10.00. The van der Waals surface area contributed by atoms with Crippen LogP contribution in [0.1, 0.15) is 67.3 Å². The van der Waals surface area contributed by atoms with Crippen LogP contribution >= 0.6 is 0 Å². The van der Waals surface area contributed by atoms with E-state index in [4.69, 9.17) is 9.47 Å². The van der Waals surface area contributed by atoms with E-state index in [-0.39, 0.29) is 52.9 Å². The van der Waals surface area contributed by atoms with Gasteiger partial charge in [-0.05, 0) is 75.3 Å². The summed E-state index contributed by atoms with van der Waals surface area (Å²) in [6.45, 7) is 10.3. The smallest absolute Gasteiger partial charge is 0.264 e. The summed E-state index contributed by atoms with van der Waals surface area (Å²) in [5.74, 6) is 0.894. The lowest BCUT2D eigenvalue weighted by Crippen LogP contribution is -2.44. The van der Waals surface area contributed by atoms with Gasteiger partial charge in [0.2, 0.25) is 11.8 Å². The van der Waals surface area contributed by atoms with Crippen molar-refractivity contribution in [2.75, 3.05) is 11.3 Å². The van der Waals surface area contributed by atoms with Crippen LogP contribution < -0.4 is 14.2 Å². The fourth-order valence-electron chi connectivity index (χ4n) is 5.60. The second-order valence-corrected chi connectivity index (χ2v) is 14.4. The van der Waals surface area contributed by atoms with Crippen molar-refractivity contribution in [3.63, 3.8) is 0 Å². The third-order valence-corrected chi connectivity index (χ3v) is 9.56. The molecule has 12 heteroatoms. The van der Waals surface area contributed by atoms with Crippen molar-refractivity contribution in [1.82, 2.24) is 24.8 Å². The average Bonchev–Trinajstić information content (AvgIpc) is 3.74. The van der Waals surface area contributed by atoms with Crippen LogP contribution in [0.15, 0.2) is 65.8 Å². The Morgan fingerprint density at radius 3 is 2.41 bits per heavy atom. The first-order valence-corrected chi connectivity index (χ1v) is 16.9. The molecule has 1 saturated carbocycles. The Bertz CT molecular complexity index is 1860. The maximum atomic E-state index is 14.2. The molecule has 1 aliphatic carbocycles. The summed E-state index contributed by atoms with van der Waals surface area (Å²) in [5.41, 5.74) is 3.36. The summed E-state index contributed by atoms with van der Waals surface area (Å²) in [6, 6.07) is 13.1. The van der Waals surface area contributed by atoms with Crippen molar-refractivity contribution < 1.29 is 22.7 Å². The van der Waals surface area contributed by atoms with Gasteiger partial charge in [0, 0.05) is 17.2 Å². The summed E-state index contributed by atoms with van der Waals surface area (Å²) in [5, 5.41) is 0. The standard InChI is InChI=1S/C34H38N6O5S/c1-21(2)14-25-20-44-30-16-28(31-22(3)8-6-9-23(31)4)37-33(38-30)39-46(42,43)27-11-7-10-24(15-27)32(41)40(25)19-29-35-17-26(18-36-29)45-34(5)12-13-34/h6-11,15-18,21,25H,12-14,19-20H2,1-5H3,(H,37,38,39)/t25-/m1/s1. The Kier molecular flexibility index (Phi) is 8.41. The van der Waals surface area contributed by atoms with E-state index in [2.05, 4.69) is 38.5 Å². The minimum atomic E-state index is -4.16. The van der Waals surface area contributed by atoms with Crippen molar-refractivity contribution >= 4 is 21.9 Å². The molecule has 6 rings (SSSR count). The van der Waals surface area contributed by atoms with Gasteiger partial charge in [-0.25, -0.2) is 28.1 Å². The van der Waals surface area contributed by atoms with E-state index in [1.165, 1.54) is 12.1 Å². The van der Waals surface area contributed by atoms with Gasteiger partial charge in [0.1, 0.15) is 18.0 Å². The van der Waals surface area contributed by atoms with Crippen LogP contribution in [0.2, 0.25) is 0 Å². The molecule has 4 bridgehead atoms. The van der Waals surface area contributed by atoms with Crippen LogP contribution in [0.5, 0.6) is 11.6 Å². The number of sulfonamides is 1. The molecule has 240 valence electrons. The minimum absolute atomic E-state index is 0.0784. The van der Waals surface area contributed by atoms with E-state index in [1.807, 2.05) is 39.0 Å². The number of ether oxygens (including phenoxy) is 2. The van der Waals surface area contributed by atoms with Crippen LogP contribution in [-0.2, 0) is 16.6 Å². The minimum Gasteiger partial charge on any atom is -0.484 e. The second-order valence-electron chi connectivity index (χ2n) is 12.7. The van der Waals surface area contributed by atoms with Gasteiger partial charge in [-0.15, -0.1) is 0 Å². The molecular weight excluding hydrogens is 604 g/mol. The first kappa shape index (κ1) is 31.4. The number of hydrogen-bond acceptors (Lipinski definition) is 9. The molecule has 11 nitrogen and oxygen atoms in total. The molecule has 2 aromatic heterocycles. The molecule has 46 heavy (non-hydrogen) atoms. The number of carbonyl (C=O) groups excluding carboxylic acids is 1. The van der Waals surface area contributed by atoms with Crippen LogP contribution in [0, 0.1) is 19.8 Å². The molecule has 4 aromatic rings. The Labute approximate surface area is 269 Å². The molecule has 3 heterocycles. The molecule has 0 saturated heterocycles. The highest BCUT2D eigenvalue weighted by Gasteiger charge is 2.40. The SMILES string of the molecule is Cc1cccc(C)c1-c1cc2nc(n1)NS(=O)(=O)c1cccc(c1)C(=O)N(Cc1ncc(OC3(C)CC3)cn1)[C@H](CC(C)C)CO2. The van der Waals surface area contributed by atoms with Crippen molar-refractivity contribution in [3.8, 4) is 22.9 Å². The molecule has 0 spiro atoms. The zero-order chi connectivity index (χ0) is 32.6. The van der Waals surface area contributed by atoms with Crippen molar-refractivity contribution in [2.24, 2.45) is 5.92 Å². The van der Waals surface area contributed by atoms with Crippen LogP contribution in [0.4, 0.5) is 5.95 Å². The van der Waals surface area contributed by atoms with E-state index in [0.717, 1.165) is 29.5 Å². The number of amides is 1. The predicted octanol–water partition coefficient (Wildman–Crippen LogP) is 5.73. The number of fused-ring (bicyclic) bond motifs is 4. The third kappa shape index (κ3) is 6.96. The maximum absolute atomic E-state index is 14.2. The number of anilines is 1. The van der Waals surface area contributed by atoms with Gasteiger partial charge < -0.3 is 14.4 Å². The average molecular weight is 643 g/mol. The molecule has 1 amide bonds. The number of rotatable bonds is 7. The zero-order valence-electron chi connectivity index (χ0n) is 26.6. The van der Waals surface area contributed by atoms with Crippen molar-refractivity contribution in [3.05, 3.63) is 83.4 Å². The third-order valence-electron chi connectivity index (χ3n) is 8.24. The summed E-state index contributed by atoms with van der Waals surface area (Å²) < 4.78 is 42.0. The highest BCUT2D eigenvalue weighted by Crippen LogP contribution is 2.39. The first-order valence-electron chi connectivity index (χ1n) is 15.4. The molecular formula is C34H38N6O5S. The van der Waals surface area contributed by atoms with Gasteiger partial charge in [-0.2, -0.15) is 4.98 Å². The number of carbonyl (C=O) groups is 1. The van der Waals surface area contributed by atoms with Crippen LogP contribution in [-0.4, -0.2) is 57.4 Å². The molecule has 1 aliphatic heterocycles. The van der Waals surface area contributed by atoms with E-state index < -0.39 is 16.1 Å². The molecule has 1 N–H and O–H groups in total. The largest absolute Gasteiger partial charge is 0.484 e. The second kappa shape index (κ2) is 12.3. The molecule has 1 fully saturated rings. The number of nitrogens with zero attached hydrogens (tertiary/aromatic N) is 5. The number of hydrogen-bond donors (Lipinski definition) is 1. The molecule has 1 atom stereocenters. The first-order chi connectivity index (χ1) is 21.9. The normalized spacial score (nSPS) is 18.4. The molecule has 0 radical (unpaired) electrons. The lowest BCUT2D eigenvalue weighted by molar-refractivity contribution is 0.0545. The van der Waals surface area contributed by atoms with E-state index in [9.17, 15) is 13.2 Å². The Hall–Kier alpha value is -4.58. The Morgan fingerprint density at radius 1 is 1.04 bits per heavy atom. The van der Waals surface area contributed by atoms with E-state index in [0.29, 0.717) is 23.7 Å². The fraction of sp³-hybridized carbons (Fsp3) is 0.382. The number of benzene rings is 2. The van der Waals surface area contributed by atoms with Crippen molar-refractivity contribution in [1.29, 1.82) is 0 Å². The van der Waals surface area contributed by atoms with E-state index in [1.54, 1.807) is 35.5 Å². The quantitative estimate of drug-likeness (QED) is 0.268. The molecule has 2 aliphatic rings. The molecule has 0 unspecified atom stereocenters. The van der Waals surface area contributed by atoms with Gasteiger partial charge in [-0.3, -0.25) is 4.79 Å². The highest BCUT2D eigenvalue weighted by molar-refractivity contribution is 7.92. The Balaban J connectivity index is 1.42. The van der Waals surface area contributed by atoms with Crippen LogP contribution in [0.25, 0.3) is 11.3 Å². The Morgan fingerprint density at radius 2 is 1.74 bits per heavy atom. The predicted molar refractivity (Wildman–Crippen MR) is 173 cm³/mol. The van der Waals surface area contributed by atoms with Gasteiger partial charge in [0.15, 0.2) is 5.75 Å². The van der Waals surface area contributed by atoms with Gasteiger partial charge >= 0.3 is 0 Å². The van der Waals surface area contributed by atoms with E-state index >= 15 is 0 Å². The van der Waals surface area contributed by atoms with Crippen molar-refractivity contribution in [2.45, 2.75) is 77.0 Å². The number of aromatic nitrogens is 4. The number of nitrogens with one attached hydrogen (secondary N) is 1. The van der Waals surface area contributed by atoms with Gasteiger partial charge in [0.25, 0.3) is 15.9 Å². The zero-order valence-corrected chi connectivity index (χ0v) is 27.5. The molecule has 2 aromatic carbocycles. The van der Waals surface area contributed by atoms with Gasteiger partial charge in [-0.1, -0.05) is 38.1 Å². The summed E-state index contributed by atoms with van der Waals surface area (Å²) in [6.07, 6.45) is 5.82. The maximum Gasteiger partial charge on any atom is 0.264 e. The topological polar surface area (TPSA) is 136 Å². The van der Waals surface area contributed by atoms with Crippen LogP contribution in [0.3, 0.4) is 0 Å². The fourth-order valence-corrected chi connectivity index (χ4v) is 6.59. The number of aryl methyl sites for hydroxylation is 2. The summed E-state index contributed by atoms with van der Waals surface area (Å²) >= 11 is 0. The lowest BCUT2D eigenvalue weighted by Gasteiger charge is -2.32. The highest BCUT2D eigenvalue weighted by atomic mass is 32.2. The van der Waals surface area contributed by atoms with Gasteiger partial charge in [0.05, 0.1) is 35.6 Å². The summed E-state index contributed by atoms with van der Waals surface area (Å²) in [7, 11) is -4.16. The summed E-state index contributed by atoms with van der Waals surface area (Å²) in [4.78, 5) is 33.8. The monoisotopic (exact) mass is 642 g/mol.